The summed E-state index contributed by atoms with van der Waals surface area (Å²) in [6.45, 7) is 5.79. The summed E-state index contributed by atoms with van der Waals surface area (Å²) in [5, 5.41) is 0. The van der Waals surface area contributed by atoms with Gasteiger partial charge in [-0.15, -0.1) is 0 Å². The molecule has 100 valence electrons. The number of nitrogen functional groups attached to an aromatic ring is 1. The smallest absolute Gasteiger partial charge is 0.243 e. The third kappa shape index (κ3) is 2.77. The average Bonchev–Trinajstić information content (AvgIpc) is 2.46. The van der Waals surface area contributed by atoms with Gasteiger partial charge in [0.25, 0.3) is 0 Å². The molecule has 0 bridgehead atoms. The summed E-state index contributed by atoms with van der Waals surface area (Å²) >= 11 is 0. The lowest BCUT2D eigenvalue weighted by Crippen LogP contribution is -2.38. The van der Waals surface area contributed by atoms with Gasteiger partial charge in [0.2, 0.25) is 17.8 Å². The minimum Gasteiger partial charge on any atom is -0.378 e. The Morgan fingerprint density at radius 3 is 2.67 bits per heavy atom. The predicted octanol–water partition coefficient (Wildman–Crippen LogP) is -0.550. The fraction of sp³-hybridized carbons (Fsp3) is 0.700. The van der Waals surface area contributed by atoms with Gasteiger partial charge in [-0.2, -0.15) is 15.0 Å². The van der Waals surface area contributed by atoms with Crippen molar-refractivity contribution in [3.05, 3.63) is 0 Å². The van der Waals surface area contributed by atoms with E-state index in [1.807, 2.05) is 18.9 Å². The largest absolute Gasteiger partial charge is 0.378 e. The van der Waals surface area contributed by atoms with Crippen LogP contribution in [0.1, 0.15) is 6.92 Å². The molecule has 0 saturated carbocycles. The minimum atomic E-state index is 0.377. The molecule has 2 rings (SSSR count). The molecule has 8 nitrogen and oxygen atoms in total. The van der Waals surface area contributed by atoms with Gasteiger partial charge in [-0.3, -0.25) is 5.43 Å². The molecule has 18 heavy (non-hydrogen) atoms. The SMILES string of the molecule is CCN(C)c1nc(NN)nc(N2CCOCC2)n1. The number of hydrazine groups is 1. The molecular weight excluding hydrogens is 234 g/mol. The van der Waals surface area contributed by atoms with Crippen LogP contribution in [0.5, 0.6) is 0 Å². The number of nitrogens with two attached hydrogens (primary N) is 1. The first kappa shape index (κ1) is 12.8. The minimum absolute atomic E-state index is 0.377. The van der Waals surface area contributed by atoms with Crippen molar-refractivity contribution in [2.75, 3.05) is 55.1 Å². The number of nitrogens with zero attached hydrogens (tertiary/aromatic N) is 5. The summed E-state index contributed by atoms with van der Waals surface area (Å²) < 4.78 is 5.31. The van der Waals surface area contributed by atoms with E-state index in [0.717, 1.165) is 19.6 Å². The molecule has 1 aliphatic rings. The number of nitrogens with one attached hydrogen (secondary N) is 1. The maximum absolute atomic E-state index is 5.39. The van der Waals surface area contributed by atoms with Crippen molar-refractivity contribution in [1.29, 1.82) is 0 Å². The van der Waals surface area contributed by atoms with Crippen LogP contribution in [-0.2, 0) is 4.74 Å². The monoisotopic (exact) mass is 253 g/mol. The summed E-state index contributed by atoms with van der Waals surface area (Å²) in [4.78, 5) is 17.0. The van der Waals surface area contributed by atoms with E-state index in [1.165, 1.54) is 0 Å². The second-order valence-corrected chi connectivity index (χ2v) is 4.02. The van der Waals surface area contributed by atoms with E-state index in [0.29, 0.717) is 31.1 Å². The first-order valence-corrected chi connectivity index (χ1v) is 6.01. The molecule has 3 N–H and O–H groups in total. The van der Waals surface area contributed by atoms with Gasteiger partial charge in [0, 0.05) is 26.7 Å². The van der Waals surface area contributed by atoms with Crippen LogP contribution in [0.2, 0.25) is 0 Å². The normalized spacial score (nSPS) is 15.6. The zero-order chi connectivity index (χ0) is 13.0. The Bertz CT molecular complexity index is 394. The van der Waals surface area contributed by atoms with E-state index in [-0.39, 0.29) is 0 Å². The van der Waals surface area contributed by atoms with Gasteiger partial charge in [0.05, 0.1) is 13.2 Å². The topological polar surface area (TPSA) is 92.4 Å². The third-order valence-corrected chi connectivity index (χ3v) is 2.85. The van der Waals surface area contributed by atoms with Gasteiger partial charge >= 0.3 is 0 Å². The molecule has 0 amide bonds. The molecule has 8 heteroatoms. The van der Waals surface area contributed by atoms with E-state index in [1.54, 1.807) is 0 Å². The Morgan fingerprint density at radius 2 is 2.06 bits per heavy atom. The van der Waals surface area contributed by atoms with E-state index in [4.69, 9.17) is 10.6 Å². The molecule has 0 aromatic carbocycles. The van der Waals surface area contributed by atoms with Crippen LogP contribution in [0.25, 0.3) is 0 Å². The highest BCUT2D eigenvalue weighted by atomic mass is 16.5. The number of hydrogen-bond donors (Lipinski definition) is 2. The zero-order valence-corrected chi connectivity index (χ0v) is 10.8. The molecule has 0 atom stereocenters. The van der Waals surface area contributed by atoms with Crippen LogP contribution in [-0.4, -0.2) is 54.8 Å². The standard InChI is InChI=1S/C10H19N7O/c1-3-16(2)9-12-8(15-11)13-10(14-9)17-4-6-18-7-5-17/h3-7,11H2,1-2H3,(H,12,13,14,15). The van der Waals surface area contributed by atoms with Gasteiger partial charge in [-0.05, 0) is 6.92 Å². The van der Waals surface area contributed by atoms with Crippen molar-refractivity contribution in [2.24, 2.45) is 5.84 Å². The molecule has 1 aromatic rings. The van der Waals surface area contributed by atoms with Crippen molar-refractivity contribution >= 4 is 17.8 Å². The maximum Gasteiger partial charge on any atom is 0.243 e. The fourth-order valence-corrected chi connectivity index (χ4v) is 1.64. The highest BCUT2D eigenvalue weighted by Crippen LogP contribution is 2.16. The number of ether oxygens (including phenoxy) is 1. The molecule has 1 aliphatic heterocycles. The molecular formula is C10H19N7O. The van der Waals surface area contributed by atoms with Gasteiger partial charge in [-0.1, -0.05) is 0 Å². The highest BCUT2D eigenvalue weighted by molar-refractivity contribution is 5.44. The molecule has 0 radical (unpaired) electrons. The summed E-state index contributed by atoms with van der Waals surface area (Å²) in [5.41, 5.74) is 2.48. The molecule has 2 heterocycles. The van der Waals surface area contributed by atoms with Crippen molar-refractivity contribution in [2.45, 2.75) is 6.92 Å². The second kappa shape index (κ2) is 5.78. The molecule has 1 aromatic heterocycles. The number of rotatable bonds is 4. The maximum atomic E-state index is 5.39. The highest BCUT2D eigenvalue weighted by Gasteiger charge is 2.17. The number of anilines is 3. The Labute approximate surface area is 106 Å². The lowest BCUT2D eigenvalue weighted by molar-refractivity contribution is 0.122. The first-order chi connectivity index (χ1) is 8.74. The van der Waals surface area contributed by atoms with Crippen LogP contribution >= 0.6 is 0 Å². The van der Waals surface area contributed by atoms with Gasteiger partial charge in [-0.25, -0.2) is 5.84 Å². The number of hydrogen-bond acceptors (Lipinski definition) is 8. The van der Waals surface area contributed by atoms with Crippen molar-refractivity contribution in [1.82, 2.24) is 15.0 Å². The summed E-state index contributed by atoms with van der Waals surface area (Å²) in [5.74, 6) is 7.02. The number of aromatic nitrogens is 3. The van der Waals surface area contributed by atoms with Crippen molar-refractivity contribution < 1.29 is 4.74 Å². The van der Waals surface area contributed by atoms with Crippen LogP contribution in [0, 0.1) is 0 Å². The predicted molar refractivity (Wildman–Crippen MR) is 69.6 cm³/mol. The van der Waals surface area contributed by atoms with Crippen molar-refractivity contribution in [3.8, 4) is 0 Å². The number of morpholine rings is 1. The summed E-state index contributed by atoms with van der Waals surface area (Å²) in [7, 11) is 1.93. The molecule has 1 fully saturated rings. The van der Waals surface area contributed by atoms with Gasteiger partial charge < -0.3 is 14.5 Å². The first-order valence-electron chi connectivity index (χ1n) is 6.01. The van der Waals surface area contributed by atoms with E-state index >= 15 is 0 Å². The average molecular weight is 253 g/mol. The van der Waals surface area contributed by atoms with E-state index < -0.39 is 0 Å². The zero-order valence-electron chi connectivity index (χ0n) is 10.8. The Kier molecular flexibility index (Phi) is 4.11. The second-order valence-electron chi connectivity index (χ2n) is 4.02. The van der Waals surface area contributed by atoms with Gasteiger partial charge in [0.15, 0.2) is 0 Å². The lowest BCUT2D eigenvalue weighted by Gasteiger charge is -2.27. The van der Waals surface area contributed by atoms with Gasteiger partial charge in [0.1, 0.15) is 0 Å². The third-order valence-electron chi connectivity index (χ3n) is 2.85. The van der Waals surface area contributed by atoms with Crippen LogP contribution in [0.4, 0.5) is 17.8 Å². The Hall–Kier alpha value is -1.67. The van der Waals surface area contributed by atoms with Crippen LogP contribution in [0.3, 0.4) is 0 Å². The van der Waals surface area contributed by atoms with Crippen molar-refractivity contribution in [3.63, 3.8) is 0 Å². The molecule has 0 aliphatic carbocycles. The van der Waals surface area contributed by atoms with Crippen LogP contribution < -0.4 is 21.1 Å². The fourth-order valence-electron chi connectivity index (χ4n) is 1.64. The molecule has 0 spiro atoms. The molecule has 0 unspecified atom stereocenters. The van der Waals surface area contributed by atoms with E-state index in [2.05, 4.69) is 25.3 Å². The van der Waals surface area contributed by atoms with E-state index in [9.17, 15) is 0 Å². The lowest BCUT2D eigenvalue weighted by atomic mass is 10.4. The van der Waals surface area contributed by atoms with Crippen LogP contribution in [0.15, 0.2) is 0 Å². The molecule has 1 saturated heterocycles. The Balaban J connectivity index is 2.27. The quantitative estimate of drug-likeness (QED) is 0.545. The summed E-state index contributed by atoms with van der Waals surface area (Å²) in [6.07, 6.45) is 0. The summed E-state index contributed by atoms with van der Waals surface area (Å²) in [6, 6.07) is 0. The Morgan fingerprint density at radius 1 is 1.33 bits per heavy atom.